The van der Waals surface area contributed by atoms with Gasteiger partial charge in [-0.1, -0.05) is 38.6 Å². The Hall–Kier alpha value is -2.89. The van der Waals surface area contributed by atoms with Gasteiger partial charge in [-0.3, -0.25) is 0 Å². The van der Waals surface area contributed by atoms with Gasteiger partial charge in [0, 0.05) is 29.6 Å². The molecule has 0 radical (unpaired) electrons. The van der Waals surface area contributed by atoms with Crippen molar-refractivity contribution < 1.29 is 9.53 Å². The van der Waals surface area contributed by atoms with E-state index in [1.54, 1.807) is 0 Å². The Morgan fingerprint density at radius 2 is 1.91 bits per heavy atom. The maximum atomic E-state index is 12.3. The van der Waals surface area contributed by atoms with E-state index in [0.29, 0.717) is 11.7 Å². The van der Waals surface area contributed by atoms with Crippen LogP contribution in [-0.4, -0.2) is 39.7 Å². The number of piperidine rings is 1. The van der Waals surface area contributed by atoms with Gasteiger partial charge in [-0.15, -0.1) is 0 Å². The third kappa shape index (κ3) is 4.10. The highest BCUT2D eigenvalue weighted by Crippen LogP contribution is 2.50. The largest absolute Gasteiger partial charge is 0.444 e. The number of likely N-dealkylation sites (tertiary alicyclic amines) is 1. The van der Waals surface area contributed by atoms with Crippen molar-refractivity contribution in [3.8, 4) is 11.3 Å². The van der Waals surface area contributed by atoms with E-state index in [1.165, 1.54) is 11.9 Å². The minimum atomic E-state index is -0.457. The first-order valence-corrected chi connectivity index (χ1v) is 11.4. The standard InChI is InChI=1S/C26H34N4O2/c1-16-20-14-18(13-17-9-11-30(12-10-17)24(31)32-25(2,3)4)7-8-19(20)22-21(26(16,5)6)23(27)29-15-28-22/h7-8,14-15,17H,1,9-13H2,2-6H3,(H2,27,28,29). The Balaban J connectivity index is 1.50. The van der Waals surface area contributed by atoms with Crippen molar-refractivity contribution in [3.05, 3.63) is 47.8 Å². The average molecular weight is 435 g/mol. The minimum absolute atomic E-state index is 0.205. The first-order chi connectivity index (χ1) is 15.0. The molecule has 1 aromatic carbocycles. The Morgan fingerprint density at radius 1 is 1.22 bits per heavy atom. The summed E-state index contributed by atoms with van der Waals surface area (Å²) in [5, 5.41) is 0. The summed E-state index contributed by atoms with van der Waals surface area (Å²) in [5.74, 6) is 1.06. The van der Waals surface area contributed by atoms with Crippen molar-refractivity contribution in [2.75, 3.05) is 18.8 Å². The Kier molecular flexibility index (Phi) is 5.51. The van der Waals surface area contributed by atoms with Crippen LogP contribution in [0.15, 0.2) is 31.1 Å². The Bertz CT molecular complexity index is 1060. The van der Waals surface area contributed by atoms with E-state index in [-0.39, 0.29) is 11.5 Å². The molecule has 0 unspecified atom stereocenters. The lowest BCUT2D eigenvalue weighted by Crippen LogP contribution is -2.42. The first-order valence-electron chi connectivity index (χ1n) is 11.4. The maximum absolute atomic E-state index is 12.3. The molecule has 2 aliphatic rings. The van der Waals surface area contributed by atoms with Crippen molar-refractivity contribution in [2.24, 2.45) is 5.92 Å². The lowest BCUT2D eigenvalue weighted by molar-refractivity contribution is 0.0184. The van der Waals surface area contributed by atoms with Gasteiger partial charge in [0.25, 0.3) is 0 Å². The molecule has 1 aliphatic carbocycles. The van der Waals surface area contributed by atoms with E-state index in [9.17, 15) is 4.79 Å². The molecule has 1 aromatic heterocycles. The molecule has 2 N–H and O–H groups in total. The summed E-state index contributed by atoms with van der Waals surface area (Å²) in [6, 6.07) is 6.60. The molecule has 1 saturated heterocycles. The number of nitrogen functional groups attached to an aromatic ring is 1. The summed E-state index contributed by atoms with van der Waals surface area (Å²) >= 11 is 0. The number of amides is 1. The zero-order chi connectivity index (χ0) is 23.3. The van der Waals surface area contributed by atoms with Crippen LogP contribution in [0.4, 0.5) is 10.6 Å². The fourth-order valence-corrected chi connectivity index (χ4v) is 4.86. The third-order valence-corrected chi connectivity index (χ3v) is 6.71. The molecule has 32 heavy (non-hydrogen) atoms. The van der Waals surface area contributed by atoms with Crippen LogP contribution in [0.25, 0.3) is 16.8 Å². The topological polar surface area (TPSA) is 81.3 Å². The van der Waals surface area contributed by atoms with Gasteiger partial charge in [-0.2, -0.15) is 0 Å². The highest BCUT2D eigenvalue weighted by Gasteiger charge is 2.37. The Morgan fingerprint density at radius 3 is 2.56 bits per heavy atom. The van der Waals surface area contributed by atoms with Crippen LogP contribution in [-0.2, 0) is 16.6 Å². The number of hydrogen-bond acceptors (Lipinski definition) is 5. The third-order valence-electron chi connectivity index (χ3n) is 6.71. The second-order valence-electron chi connectivity index (χ2n) is 10.6. The highest BCUT2D eigenvalue weighted by atomic mass is 16.6. The summed E-state index contributed by atoms with van der Waals surface area (Å²) in [7, 11) is 0. The van der Waals surface area contributed by atoms with Crippen LogP contribution >= 0.6 is 0 Å². The van der Waals surface area contributed by atoms with Gasteiger partial charge in [0.15, 0.2) is 0 Å². The number of anilines is 1. The van der Waals surface area contributed by atoms with Crippen LogP contribution in [0.1, 0.15) is 64.2 Å². The molecule has 6 heteroatoms. The number of allylic oxidation sites excluding steroid dienone is 1. The van der Waals surface area contributed by atoms with Gasteiger partial charge in [0.05, 0.1) is 5.69 Å². The number of ether oxygens (including phenoxy) is 1. The molecule has 4 rings (SSSR count). The van der Waals surface area contributed by atoms with Crippen molar-refractivity contribution in [2.45, 2.75) is 64.9 Å². The molecular weight excluding hydrogens is 400 g/mol. The predicted molar refractivity (Wildman–Crippen MR) is 128 cm³/mol. The molecule has 1 amide bonds. The second kappa shape index (κ2) is 7.91. The molecule has 0 saturated carbocycles. The predicted octanol–water partition coefficient (Wildman–Crippen LogP) is 5.22. The molecule has 170 valence electrons. The fourth-order valence-electron chi connectivity index (χ4n) is 4.86. The van der Waals surface area contributed by atoms with Crippen molar-refractivity contribution >= 4 is 17.5 Å². The SMILES string of the molecule is C=C1c2cc(CC3CCN(C(=O)OC(C)(C)C)CC3)ccc2-c2ncnc(N)c2C1(C)C. The second-order valence-corrected chi connectivity index (χ2v) is 10.6. The maximum Gasteiger partial charge on any atom is 0.410 e. The molecule has 0 spiro atoms. The quantitative estimate of drug-likeness (QED) is 0.701. The van der Waals surface area contributed by atoms with E-state index in [2.05, 4.69) is 48.6 Å². The number of hydrogen-bond donors (Lipinski definition) is 1. The van der Waals surface area contributed by atoms with Crippen LogP contribution < -0.4 is 5.73 Å². The molecule has 2 aromatic rings. The van der Waals surface area contributed by atoms with Crippen molar-refractivity contribution in [3.63, 3.8) is 0 Å². The molecule has 0 atom stereocenters. The molecule has 2 heterocycles. The molecule has 1 fully saturated rings. The molecular formula is C26H34N4O2. The van der Waals surface area contributed by atoms with E-state index in [4.69, 9.17) is 10.5 Å². The number of aromatic nitrogens is 2. The van der Waals surface area contributed by atoms with Gasteiger partial charge in [0.2, 0.25) is 0 Å². The lowest BCUT2D eigenvalue weighted by Gasteiger charge is -2.36. The fraction of sp³-hybridized carbons (Fsp3) is 0.500. The van der Waals surface area contributed by atoms with Crippen molar-refractivity contribution in [1.29, 1.82) is 0 Å². The highest BCUT2D eigenvalue weighted by molar-refractivity contribution is 5.92. The minimum Gasteiger partial charge on any atom is -0.444 e. The van der Waals surface area contributed by atoms with Gasteiger partial charge >= 0.3 is 6.09 Å². The molecule has 1 aliphatic heterocycles. The van der Waals surface area contributed by atoms with E-state index >= 15 is 0 Å². The molecule has 0 bridgehead atoms. The summed E-state index contributed by atoms with van der Waals surface area (Å²) in [6.45, 7) is 15.9. The van der Waals surface area contributed by atoms with Crippen LogP contribution in [0.3, 0.4) is 0 Å². The monoisotopic (exact) mass is 434 g/mol. The van der Waals surface area contributed by atoms with Crippen LogP contribution in [0.5, 0.6) is 0 Å². The Labute approximate surface area is 190 Å². The first kappa shape index (κ1) is 22.3. The van der Waals surface area contributed by atoms with E-state index in [0.717, 1.165) is 60.3 Å². The number of rotatable bonds is 2. The zero-order valence-electron chi connectivity index (χ0n) is 19.9. The number of benzene rings is 1. The van der Waals surface area contributed by atoms with Crippen molar-refractivity contribution in [1.82, 2.24) is 14.9 Å². The smallest absolute Gasteiger partial charge is 0.410 e. The van der Waals surface area contributed by atoms with E-state index in [1.807, 2.05) is 25.7 Å². The average Bonchev–Trinajstić information content (AvgIpc) is 2.71. The summed E-state index contributed by atoms with van der Waals surface area (Å²) in [4.78, 5) is 23.0. The van der Waals surface area contributed by atoms with Gasteiger partial charge in [-0.05, 0) is 62.7 Å². The van der Waals surface area contributed by atoms with Gasteiger partial charge < -0.3 is 15.4 Å². The molecule has 6 nitrogen and oxygen atoms in total. The number of carbonyl (C=O) groups excluding carboxylic acids is 1. The van der Waals surface area contributed by atoms with Gasteiger partial charge in [0.1, 0.15) is 17.7 Å². The van der Waals surface area contributed by atoms with Gasteiger partial charge in [-0.25, -0.2) is 14.8 Å². The normalized spacial score (nSPS) is 18.2. The number of nitrogens with zero attached hydrogens (tertiary/aromatic N) is 3. The summed E-state index contributed by atoms with van der Waals surface area (Å²) in [5.41, 5.74) is 11.9. The number of nitrogens with two attached hydrogens (primary N) is 1. The summed E-state index contributed by atoms with van der Waals surface area (Å²) < 4.78 is 5.52. The summed E-state index contributed by atoms with van der Waals surface area (Å²) in [6.07, 6.45) is 4.28. The number of carbonyl (C=O) groups is 1. The number of fused-ring (bicyclic) bond motifs is 3. The lowest BCUT2D eigenvalue weighted by atomic mass is 9.68. The van der Waals surface area contributed by atoms with Crippen LogP contribution in [0, 0.1) is 5.92 Å². The zero-order valence-corrected chi connectivity index (χ0v) is 19.9. The van der Waals surface area contributed by atoms with Crippen LogP contribution in [0.2, 0.25) is 0 Å². The van der Waals surface area contributed by atoms with E-state index < -0.39 is 5.60 Å².